The zero-order chi connectivity index (χ0) is 19.1. The molecule has 148 valence electrons. The zero-order valence-corrected chi connectivity index (χ0v) is 16.6. The van der Waals surface area contributed by atoms with Crippen molar-refractivity contribution in [3.8, 4) is 0 Å². The Bertz CT molecular complexity index is 863. The highest BCUT2D eigenvalue weighted by atomic mass is 15.4. The van der Waals surface area contributed by atoms with Gasteiger partial charge in [0.1, 0.15) is 11.6 Å². The monoisotopic (exact) mass is 379 g/mol. The van der Waals surface area contributed by atoms with E-state index in [1.165, 1.54) is 25.7 Å². The smallest absolute Gasteiger partial charge is 0.225 e. The van der Waals surface area contributed by atoms with Crippen LogP contribution in [0.15, 0.2) is 37.2 Å². The molecule has 0 bridgehead atoms. The van der Waals surface area contributed by atoms with Gasteiger partial charge in [0.2, 0.25) is 5.95 Å². The molecule has 0 radical (unpaired) electrons. The second-order valence-corrected chi connectivity index (χ2v) is 8.54. The van der Waals surface area contributed by atoms with Crippen LogP contribution in [-0.4, -0.2) is 44.6 Å². The van der Waals surface area contributed by atoms with E-state index >= 15 is 0 Å². The van der Waals surface area contributed by atoms with Gasteiger partial charge in [-0.2, -0.15) is 4.98 Å². The van der Waals surface area contributed by atoms with Crippen molar-refractivity contribution in [2.45, 2.75) is 50.6 Å². The van der Waals surface area contributed by atoms with Crippen LogP contribution in [0.4, 0.5) is 11.8 Å². The SMILES string of the molecule is C=C1N(C)CCN1c1ccnc(NC2(c3cn(CC4CCCC4)cn3)CC2)n1. The summed E-state index contributed by atoms with van der Waals surface area (Å²) < 4.78 is 2.27. The molecule has 0 unspecified atom stereocenters. The number of hydrogen-bond acceptors (Lipinski definition) is 6. The molecule has 7 heteroatoms. The lowest BCUT2D eigenvalue weighted by Crippen LogP contribution is -2.23. The molecule has 3 aliphatic rings. The Morgan fingerprint density at radius 3 is 2.75 bits per heavy atom. The molecule has 5 rings (SSSR count). The minimum absolute atomic E-state index is 0.113. The molecular formula is C21H29N7. The Morgan fingerprint density at radius 1 is 1.21 bits per heavy atom. The average Bonchev–Trinajstić information content (AvgIpc) is 3.07. The van der Waals surface area contributed by atoms with Crippen molar-refractivity contribution in [2.75, 3.05) is 30.4 Å². The van der Waals surface area contributed by atoms with E-state index in [0.29, 0.717) is 5.95 Å². The van der Waals surface area contributed by atoms with Crippen LogP contribution in [0.5, 0.6) is 0 Å². The minimum atomic E-state index is -0.113. The number of nitrogens with zero attached hydrogens (tertiary/aromatic N) is 6. The molecule has 0 amide bonds. The normalized spacial score (nSPS) is 21.5. The average molecular weight is 380 g/mol. The fourth-order valence-corrected chi connectivity index (χ4v) is 4.50. The van der Waals surface area contributed by atoms with Crippen LogP contribution >= 0.6 is 0 Å². The van der Waals surface area contributed by atoms with Gasteiger partial charge in [0.15, 0.2) is 0 Å². The summed E-state index contributed by atoms with van der Waals surface area (Å²) in [6.07, 6.45) is 13.7. The van der Waals surface area contributed by atoms with Gasteiger partial charge in [-0.1, -0.05) is 19.4 Å². The lowest BCUT2D eigenvalue weighted by Gasteiger charge is -2.21. The molecule has 1 saturated heterocycles. The summed E-state index contributed by atoms with van der Waals surface area (Å²) in [5, 5.41) is 3.57. The number of anilines is 2. The van der Waals surface area contributed by atoms with Crippen LogP contribution in [0.3, 0.4) is 0 Å². The predicted octanol–water partition coefficient (Wildman–Crippen LogP) is 3.19. The summed E-state index contributed by atoms with van der Waals surface area (Å²) in [5.41, 5.74) is 1.00. The second kappa shape index (κ2) is 6.79. The lowest BCUT2D eigenvalue weighted by molar-refractivity contribution is 0.456. The maximum Gasteiger partial charge on any atom is 0.225 e. The van der Waals surface area contributed by atoms with Crippen molar-refractivity contribution >= 4 is 11.8 Å². The number of likely N-dealkylation sites (N-methyl/N-ethyl adjacent to an activating group) is 1. The fraction of sp³-hybridized carbons (Fsp3) is 0.571. The van der Waals surface area contributed by atoms with Gasteiger partial charge in [0.25, 0.3) is 0 Å². The van der Waals surface area contributed by atoms with Gasteiger partial charge < -0.3 is 19.7 Å². The molecule has 7 nitrogen and oxygen atoms in total. The molecule has 2 aromatic heterocycles. The molecule has 2 aromatic rings. The molecule has 2 aliphatic carbocycles. The van der Waals surface area contributed by atoms with Gasteiger partial charge in [0, 0.05) is 39.1 Å². The summed E-state index contributed by atoms with van der Waals surface area (Å²) in [7, 11) is 2.06. The largest absolute Gasteiger partial charge is 0.360 e. The Labute approximate surface area is 166 Å². The fourth-order valence-electron chi connectivity index (χ4n) is 4.50. The molecule has 1 aliphatic heterocycles. The van der Waals surface area contributed by atoms with E-state index in [-0.39, 0.29) is 5.54 Å². The summed E-state index contributed by atoms with van der Waals surface area (Å²) in [6.45, 7) is 7.13. The van der Waals surface area contributed by atoms with E-state index < -0.39 is 0 Å². The molecule has 2 saturated carbocycles. The third-order valence-electron chi connectivity index (χ3n) is 6.50. The number of aromatic nitrogens is 4. The van der Waals surface area contributed by atoms with Gasteiger partial charge in [-0.15, -0.1) is 0 Å². The van der Waals surface area contributed by atoms with Gasteiger partial charge in [-0.05, 0) is 37.7 Å². The summed E-state index contributed by atoms with van der Waals surface area (Å²) in [5.74, 6) is 3.37. The molecule has 1 N–H and O–H groups in total. The van der Waals surface area contributed by atoms with E-state index in [1.807, 2.05) is 18.6 Å². The highest BCUT2D eigenvalue weighted by Gasteiger charge is 2.47. The molecule has 0 spiro atoms. The maximum atomic E-state index is 4.76. The number of hydrogen-bond donors (Lipinski definition) is 1. The van der Waals surface area contributed by atoms with Crippen LogP contribution < -0.4 is 10.2 Å². The Kier molecular flexibility index (Phi) is 4.25. The molecule has 3 fully saturated rings. The van der Waals surface area contributed by atoms with Crippen LogP contribution in [0.2, 0.25) is 0 Å². The third kappa shape index (κ3) is 3.23. The van der Waals surface area contributed by atoms with Crippen molar-refractivity contribution in [3.05, 3.63) is 42.9 Å². The summed E-state index contributed by atoms with van der Waals surface area (Å²) in [4.78, 5) is 18.2. The van der Waals surface area contributed by atoms with Crippen LogP contribution in [0, 0.1) is 5.92 Å². The quantitative estimate of drug-likeness (QED) is 0.832. The Hall–Kier alpha value is -2.57. The first-order valence-electron chi connectivity index (χ1n) is 10.4. The van der Waals surface area contributed by atoms with E-state index in [1.54, 1.807) is 0 Å². The summed E-state index contributed by atoms with van der Waals surface area (Å²) in [6, 6.07) is 1.95. The topological polar surface area (TPSA) is 62.1 Å². The summed E-state index contributed by atoms with van der Waals surface area (Å²) >= 11 is 0. The lowest BCUT2D eigenvalue weighted by atomic mass is 10.1. The second-order valence-electron chi connectivity index (χ2n) is 8.54. The van der Waals surface area contributed by atoms with E-state index in [9.17, 15) is 0 Å². The highest BCUT2D eigenvalue weighted by Crippen LogP contribution is 2.47. The zero-order valence-electron chi connectivity index (χ0n) is 16.6. The van der Waals surface area contributed by atoms with Crippen LogP contribution in [0.25, 0.3) is 0 Å². The van der Waals surface area contributed by atoms with E-state index in [0.717, 1.165) is 55.7 Å². The Morgan fingerprint density at radius 2 is 2.04 bits per heavy atom. The maximum absolute atomic E-state index is 4.76. The molecule has 0 aromatic carbocycles. The Balaban J connectivity index is 1.30. The van der Waals surface area contributed by atoms with Crippen molar-refractivity contribution in [1.82, 2.24) is 24.4 Å². The minimum Gasteiger partial charge on any atom is -0.360 e. The van der Waals surface area contributed by atoms with Crippen LogP contribution in [-0.2, 0) is 12.1 Å². The standard InChI is InChI=1S/C21H29N7/c1-16-26(2)11-12-28(16)19-7-10-22-20(24-19)25-21(8-9-21)18-14-27(15-23-18)13-17-5-3-4-6-17/h7,10,14-15,17H,1,3-6,8-9,11-13H2,2H3,(H,22,24,25). The van der Waals surface area contributed by atoms with Gasteiger partial charge >= 0.3 is 0 Å². The van der Waals surface area contributed by atoms with E-state index in [2.05, 4.69) is 44.5 Å². The van der Waals surface area contributed by atoms with Crippen molar-refractivity contribution in [3.63, 3.8) is 0 Å². The van der Waals surface area contributed by atoms with Crippen molar-refractivity contribution in [1.29, 1.82) is 0 Å². The molecule has 3 heterocycles. The van der Waals surface area contributed by atoms with Gasteiger partial charge in [-0.25, -0.2) is 9.97 Å². The highest BCUT2D eigenvalue weighted by molar-refractivity contribution is 5.50. The van der Waals surface area contributed by atoms with Gasteiger partial charge in [-0.3, -0.25) is 0 Å². The first-order valence-corrected chi connectivity index (χ1v) is 10.4. The van der Waals surface area contributed by atoms with Crippen molar-refractivity contribution < 1.29 is 0 Å². The van der Waals surface area contributed by atoms with E-state index in [4.69, 9.17) is 9.97 Å². The molecule has 0 atom stereocenters. The predicted molar refractivity (Wildman–Crippen MR) is 110 cm³/mol. The van der Waals surface area contributed by atoms with Gasteiger partial charge in [0.05, 0.1) is 17.6 Å². The third-order valence-corrected chi connectivity index (χ3v) is 6.50. The molecule has 28 heavy (non-hydrogen) atoms. The first kappa shape index (κ1) is 17.5. The van der Waals surface area contributed by atoms with Crippen LogP contribution in [0.1, 0.15) is 44.2 Å². The molecular weight excluding hydrogens is 350 g/mol. The first-order chi connectivity index (χ1) is 13.6. The van der Waals surface area contributed by atoms with Crippen molar-refractivity contribution in [2.24, 2.45) is 5.92 Å². The number of imidazole rings is 1. The number of rotatable bonds is 6. The number of nitrogens with one attached hydrogen (secondary N) is 1.